The van der Waals surface area contributed by atoms with E-state index < -0.39 is 0 Å². The Bertz CT molecular complexity index is 218. The summed E-state index contributed by atoms with van der Waals surface area (Å²) >= 11 is 0. The third-order valence-corrected chi connectivity index (χ3v) is 2.16. The van der Waals surface area contributed by atoms with Gasteiger partial charge in [-0.15, -0.1) is 0 Å². The lowest BCUT2D eigenvalue weighted by Crippen LogP contribution is -2.23. The van der Waals surface area contributed by atoms with Gasteiger partial charge in [-0.25, -0.2) is 0 Å². The first-order valence-corrected chi connectivity index (χ1v) is 5.04. The van der Waals surface area contributed by atoms with Crippen LogP contribution in [0.3, 0.4) is 0 Å². The fraction of sp³-hybridized carbons (Fsp3) is 0.500. The summed E-state index contributed by atoms with van der Waals surface area (Å²) < 4.78 is 0. The van der Waals surface area contributed by atoms with Gasteiger partial charge in [0.15, 0.2) is 0 Å². The van der Waals surface area contributed by atoms with Crippen molar-refractivity contribution in [1.82, 2.24) is 4.90 Å². The predicted molar refractivity (Wildman–Crippen MR) is 56.5 cm³/mol. The van der Waals surface area contributed by atoms with Crippen LogP contribution in [0.15, 0.2) is 24.3 Å². The summed E-state index contributed by atoms with van der Waals surface area (Å²) in [5.74, 6) is 0. The Balaban J connectivity index is 2.46. The van der Waals surface area contributed by atoms with Crippen LogP contribution in [-0.2, 0) is 6.54 Å². The van der Waals surface area contributed by atoms with Gasteiger partial charge in [0.25, 0.3) is 0 Å². The van der Waals surface area contributed by atoms with Crippen molar-refractivity contribution in [2.24, 2.45) is 0 Å². The lowest BCUT2D eigenvalue weighted by molar-refractivity contribution is 0.280. The summed E-state index contributed by atoms with van der Waals surface area (Å²) in [6, 6.07) is 11.3. The van der Waals surface area contributed by atoms with Gasteiger partial charge >= 0.3 is 0 Å². The monoisotopic (exact) mass is 176 g/mol. The van der Waals surface area contributed by atoms with Crippen LogP contribution in [-0.4, -0.2) is 18.0 Å². The third-order valence-electron chi connectivity index (χ3n) is 2.16. The van der Waals surface area contributed by atoms with Crippen molar-refractivity contribution < 1.29 is 0 Å². The molecule has 0 unspecified atom stereocenters. The van der Waals surface area contributed by atoms with Crippen molar-refractivity contribution in [2.45, 2.75) is 26.8 Å². The zero-order valence-electron chi connectivity index (χ0n) is 8.59. The highest BCUT2D eigenvalue weighted by Crippen LogP contribution is 2.03. The fourth-order valence-corrected chi connectivity index (χ4v) is 1.45. The van der Waals surface area contributed by atoms with Crippen LogP contribution in [0, 0.1) is 6.07 Å². The van der Waals surface area contributed by atoms with Crippen LogP contribution < -0.4 is 0 Å². The van der Waals surface area contributed by atoms with Crippen LogP contribution in [0.4, 0.5) is 0 Å². The molecule has 1 nitrogen and oxygen atoms in total. The largest absolute Gasteiger partial charge is 0.299 e. The standard InChI is InChI=1S/C12H18N/c1-3-10-13(4-2)11-12-8-6-5-7-9-12/h5-6,8-9H,3-4,10-11H2,1-2H3. The molecule has 0 aliphatic rings. The van der Waals surface area contributed by atoms with E-state index in [2.05, 4.69) is 43.0 Å². The number of rotatable bonds is 5. The molecule has 0 saturated carbocycles. The van der Waals surface area contributed by atoms with Gasteiger partial charge in [-0.3, -0.25) is 4.90 Å². The second kappa shape index (κ2) is 5.76. The summed E-state index contributed by atoms with van der Waals surface area (Å²) in [7, 11) is 0. The van der Waals surface area contributed by atoms with E-state index in [9.17, 15) is 0 Å². The van der Waals surface area contributed by atoms with Gasteiger partial charge in [-0.1, -0.05) is 32.0 Å². The van der Waals surface area contributed by atoms with Crippen molar-refractivity contribution in [3.05, 3.63) is 35.9 Å². The summed E-state index contributed by atoms with van der Waals surface area (Å²) in [5, 5.41) is 0. The molecule has 1 heteroatoms. The Morgan fingerprint density at radius 2 is 2.23 bits per heavy atom. The Kier molecular flexibility index (Phi) is 4.55. The van der Waals surface area contributed by atoms with Crippen molar-refractivity contribution >= 4 is 0 Å². The molecule has 13 heavy (non-hydrogen) atoms. The van der Waals surface area contributed by atoms with Gasteiger partial charge in [0, 0.05) is 6.54 Å². The Hall–Kier alpha value is -0.820. The maximum atomic E-state index is 3.11. The predicted octanol–water partition coefficient (Wildman–Crippen LogP) is 2.72. The van der Waals surface area contributed by atoms with E-state index in [1.807, 2.05) is 6.07 Å². The van der Waals surface area contributed by atoms with Gasteiger partial charge in [-0.05, 0) is 37.2 Å². The van der Waals surface area contributed by atoms with Gasteiger partial charge in [0.2, 0.25) is 0 Å². The highest BCUT2D eigenvalue weighted by Gasteiger charge is 2.00. The number of benzene rings is 1. The SMILES string of the molecule is CCCN(CC)Cc1c[c]ccc1. The smallest absolute Gasteiger partial charge is 0.0233 e. The molecule has 1 rings (SSSR count). The number of hydrogen-bond donors (Lipinski definition) is 0. The molecule has 71 valence electrons. The maximum absolute atomic E-state index is 3.11. The van der Waals surface area contributed by atoms with Crippen LogP contribution >= 0.6 is 0 Å². The quantitative estimate of drug-likeness (QED) is 0.666. The highest BCUT2D eigenvalue weighted by molar-refractivity contribution is 5.13. The molecular formula is C12H18N. The van der Waals surface area contributed by atoms with E-state index in [1.165, 1.54) is 18.5 Å². The molecule has 0 N–H and O–H groups in total. The molecule has 0 amide bonds. The molecule has 0 saturated heterocycles. The van der Waals surface area contributed by atoms with Gasteiger partial charge in [0.05, 0.1) is 0 Å². The van der Waals surface area contributed by atoms with Gasteiger partial charge in [-0.2, -0.15) is 0 Å². The fourth-order valence-electron chi connectivity index (χ4n) is 1.45. The zero-order chi connectivity index (χ0) is 9.52. The number of hydrogen-bond acceptors (Lipinski definition) is 1. The first-order chi connectivity index (χ1) is 6.36. The lowest BCUT2D eigenvalue weighted by atomic mass is 10.2. The van der Waals surface area contributed by atoms with Crippen molar-refractivity contribution in [3.63, 3.8) is 0 Å². The summed E-state index contributed by atoms with van der Waals surface area (Å²) in [6.45, 7) is 7.80. The summed E-state index contributed by atoms with van der Waals surface area (Å²) in [6.07, 6.45) is 1.23. The molecule has 1 aromatic rings. The molecule has 0 spiro atoms. The minimum atomic E-state index is 1.06. The maximum Gasteiger partial charge on any atom is 0.0233 e. The molecule has 0 aliphatic heterocycles. The zero-order valence-corrected chi connectivity index (χ0v) is 8.59. The molecule has 0 aromatic heterocycles. The van der Waals surface area contributed by atoms with E-state index in [0.29, 0.717) is 0 Å². The number of nitrogens with zero attached hydrogens (tertiary/aromatic N) is 1. The normalized spacial score (nSPS) is 10.7. The summed E-state index contributed by atoms with van der Waals surface area (Å²) in [5.41, 5.74) is 1.36. The average Bonchev–Trinajstić information content (AvgIpc) is 2.19. The molecule has 1 aromatic carbocycles. The first kappa shape index (κ1) is 10.3. The van der Waals surface area contributed by atoms with Crippen LogP contribution in [0.5, 0.6) is 0 Å². The van der Waals surface area contributed by atoms with E-state index >= 15 is 0 Å². The highest BCUT2D eigenvalue weighted by atomic mass is 15.1. The van der Waals surface area contributed by atoms with E-state index in [1.54, 1.807) is 0 Å². The van der Waals surface area contributed by atoms with Gasteiger partial charge < -0.3 is 0 Å². The molecule has 1 radical (unpaired) electrons. The average molecular weight is 176 g/mol. The molecule has 0 bridgehead atoms. The second-order valence-corrected chi connectivity index (χ2v) is 3.28. The van der Waals surface area contributed by atoms with E-state index in [4.69, 9.17) is 0 Å². The molecule has 0 aliphatic carbocycles. The topological polar surface area (TPSA) is 3.24 Å². The Labute approximate surface area is 81.4 Å². The summed E-state index contributed by atoms with van der Waals surface area (Å²) in [4.78, 5) is 2.45. The molecular weight excluding hydrogens is 158 g/mol. The third kappa shape index (κ3) is 3.60. The van der Waals surface area contributed by atoms with Crippen molar-refractivity contribution in [3.8, 4) is 0 Å². The van der Waals surface area contributed by atoms with Crippen molar-refractivity contribution in [2.75, 3.05) is 13.1 Å². The second-order valence-electron chi connectivity index (χ2n) is 3.28. The minimum absolute atomic E-state index is 1.06. The molecule has 0 atom stereocenters. The van der Waals surface area contributed by atoms with Crippen LogP contribution in [0.2, 0.25) is 0 Å². The van der Waals surface area contributed by atoms with Crippen LogP contribution in [0.1, 0.15) is 25.8 Å². The Morgan fingerprint density at radius 1 is 1.38 bits per heavy atom. The van der Waals surface area contributed by atoms with Crippen LogP contribution in [0.25, 0.3) is 0 Å². The first-order valence-electron chi connectivity index (χ1n) is 5.04. The molecule has 0 heterocycles. The van der Waals surface area contributed by atoms with E-state index in [-0.39, 0.29) is 0 Å². The van der Waals surface area contributed by atoms with E-state index in [0.717, 1.165) is 13.1 Å². The molecule has 0 fully saturated rings. The Morgan fingerprint density at radius 3 is 2.77 bits per heavy atom. The lowest BCUT2D eigenvalue weighted by Gasteiger charge is -2.19. The van der Waals surface area contributed by atoms with Gasteiger partial charge in [0.1, 0.15) is 0 Å². The minimum Gasteiger partial charge on any atom is -0.299 e. The van der Waals surface area contributed by atoms with Crippen molar-refractivity contribution in [1.29, 1.82) is 0 Å².